The second kappa shape index (κ2) is 9.67. The van der Waals surface area contributed by atoms with Gasteiger partial charge in [0.05, 0.1) is 5.25 Å². The topological polar surface area (TPSA) is 67.4 Å². The number of nitrogens with one attached hydrogen (secondary N) is 2. The molecule has 4 rings (SSSR count). The molecule has 31 heavy (non-hydrogen) atoms. The standard InChI is InChI=1S/C24H31FN2O3S/c1-26-16-19-13-18-14-23(25)24(30-11-10-27-31(28,29)20-8-5-9-20)15-22(18)21(19)12-17-6-3-2-4-7-17/h2-4,6-7,14-15,19-21,26-27H,5,8-13,16H2,1H3. The summed E-state index contributed by atoms with van der Waals surface area (Å²) >= 11 is 0. The Balaban J connectivity index is 1.45. The number of hydrogen-bond acceptors (Lipinski definition) is 4. The molecule has 2 atom stereocenters. The summed E-state index contributed by atoms with van der Waals surface area (Å²) in [5, 5.41) is 2.99. The fourth-order valence-electron chi connectivity index (χ4n) is 4.69. The quantitative estimate of drug-likeness (QED) is 0.549. The van der Waals surface area contributed by atoms with Crippen LogP contribution >= 0.6 is 0 Å². The number of hydrogen-bond donors (Lipinski definition) is 2. The van der Waals surface area contributed by atoms with Crippen LogP contribution in [0, 0.1) is 11.7 Å². The molecule has 2 aliphatic rings. The van der Waals surface area contributed by atoms with E-state index in [1.807, 2.05) is 31.3 Å². The van der Waals surface area contributed by atoms with E-state index in [-0.39, 0.29) is 35.9 Å². The van der Waals surface area contributed by atoms with Crippen molar-refractivity contribution >= 4 is 10.0 Å². The second-order valence-corrected chi connectivity index (χ2v) is 10.7. The molecular formula is C24H31FN2O3S. The van der Waals surface area contributed by atoms with E-state index < -0.39 is 10.0 Å². The van der Waals surface area contributed by atoms with Gasteiger partial charge >= 0.3 is 0 Å². The maximum Gasteiger partial charge on any atom is 0.214 e. The Morgan fingerprint density at radius 1 is 1.16 bits per heavy atom. The Bertz CT molecular complexity index is 993. The summed E-state index contributed by atoms with van der Waals surface area (Å²) in [6, 6.07) is 13.8. The highest BCUT2D eigenvalue weighted by atomic mass is 32.2. The molecule has 168 valence electrons. The molecule has 0 heterocycles. The van der Waals surface area contributed by atoms with Crippen molar-refractivity contribution in [3.05, 3.63) is 65.0 Å². The molecule has 0 saturated heterocycles. The fourth-order valence-corrected chi connectivity index (χ4v) is 6.24. The fraction of sp³-hybridized carbons (Fsp3) is 0.500. The van der Waals surface area contributed by atoms with Crippen LogP contribution in [0.4, 0.5) is 4.39 Å². The van der Waals surface area contributed by atoms with E-state index in [0.717, 1.165) is 36.9 Å². The molecule has 0 aromatic heterocycles. The normalized spacial score (nSPS) is 21.0. The smallest absolute Gasteiger partial charge is 0.214 e. The SMILES string of the molecule is CNCC1Cc2cc(F)c(OCCNS(=O)(=O)C3CCC3)cc2C1Cc1ccccc1. The van der Waals surface area contributed by atoms with Crippen molar-refractivity contribution in [1.82, 2.24) is 10.0 Å². The van der Waals surface area contributed by atoms with Crippen LogP contribution < -0.4 is 14.8 Å². The minimum absolute atomic E-state index is 0.102. The predicted octanol–water partition coefficient (Wildman–Crippen LogP) is 3.39. The first-order valence-corrected chi connectivity index (χ1v) is 12.6. The van der Waals surface area contributed by atoms with Crippen molar-refractivity contribution < 1.29 is 17.5 Å². The van der Waals surface area contributed by atoms with Crippen molar-refractivity contribution in [2.45, 2.75) is 43.3 Å². The molecule has 0 radical (unpaired) electrons. The van der Waals surface area contributed by atoms with Crippen molar-refractivity contribution in [3.63, 3.8) is 0 Å². The second-order valence-electron chi connectivity index (χ2n) is 8.64. The van der Waals surface area contributed by atoms with Gasteiger partial charge in [-0.15, -0.1) is 0 Å². The zero-order valence-corrected chi connectivity index (χ0v) is 18.8. The highest BCUT2D eigenvalue weighted by Crippen LogP contribution is 2.42. The summed E-state index contributed by atoms with van der Waals surface area (Å²) in [4.78, 5) is 0. The predicted molar refractivity (Wildman–Crippen MR) is 120 cm³/mol. The lowest BCUT2D eigenvalue weighted by Gasteiger charge is -2.25. The van der Waals surface area contributed by atoms with E-state index >= 15 is 0 Å². The Morgan fingerprint density at radius 2 is 1.94 bits per heavy atom. The van der Waals surface area contributed by atoms with Gasteiger partial charge in [-0.05, 0) is 79.9 Å². The van der Waals surface area contributed by atoms with E-state index in [9.17, 15) is 12.8 Å². The Labute approximate surface area is 184 Å². The number of ether oxygens (including phenoxy) is 1. The van der Waals surface area contributed by atoms with Crippen LogP contribution in [-0.4, -0.2) is 40.4 Å². The van der Waals surface area contributed by atoms with E-state index in [0.29, 0.717) is 18.8 Å². The van der Waals surface area contributed by atoms with Crippen molar-refractivity contribution in [2.24, 2.45) is 5.92 Å². The van der Waals surface area contributed by atoms with E-state index in [1.165, 1.54) is 5.56 Å². The van der Waals surface area contributed by atoms with Gasteiger partial charge in [-0.25, -0.2) is 17.5 Å². The lowest BCUT2D eigenvalue weighted by atomic mass is 9.86. The number of sulfonamides is 1. The van der Waals surface area contributed by atoms with E-state index in [2.05, 4.69) is 22.2 Å². The molecule has 1 fully saturated rings. The first-order valence-electron chi connectivity index (χ1n) is 11.1. The molecule has 1 saturated carbocycles. The molecular weight excluding hydrogens is 415 g/mol. The highest BCUT2D eigenvalue weighted by molar-refractivity contribution is 7.90. The van der Waals surface area contributed by atoms with E-state index in [4.69, 9.17) is 4.74 Å². The maximum absolute atomic E-state index is 14.7. The van der Waals surface area contributed by atoms with Gasteiger partial charge < -0.3 is 10.1 Å². The van der Waals surface area contributed by atoms with E-state index in [1.54, 1.807) is 6.07 Å². The van der Waals surface area contributed by atoms with Gasteiger partial charge in [0.2, 0.25) is 10.0 Å². The van der Waals surface area contributed by atoms with Crippen LogP contribution in [0.5, 0.6) is 5.75 Å². The van der Waals surface area contributed by atoms with Gasteiger partial charge in [0.15, 0.2) is 11.6 Å². The summed E-state index contributed by atoms with van der Waals surface area (Å²) < 4.78 is 47.2. The van der Waals surface area contributed by atoms with Gasteiger partial charge in [0.1, 0.15) is 6.61 Å². The molecule has 2 aliphatic carbocycles. The molecule has 2 N–H and O–H groups in total. The summed E-state index contributed by atoms with van der Waals surface area (Å²) in [6.07, 6.45) is 4.12. The third-order valence-corrected chi connectivity index (χ3v) is 8.52. The molecule has 2 aromatic carbocycles. The number of benzene rings is 2. The number of rotatable bonds is 10. The van der Waals surface area contributed by atoms with Gasteiger partial charge in [0, 0.05) is 6.54 Å². The number of fused-ring (bicyclic) bond motifs is 1. The monoisotopic (exact) mass is 446 g/mol. The molecule has 2 aromatic rings. The molecule has 7 heteroatoms. The highest BCUT2D eigenvalue weighted by Gasteiger charge is 2.34. The summed E-state index contributed by atoms with van der Waals surface area (Å²) in [5.41, 5.74) is 3.44. The lowest BCUT2D eigenvalue weighted by molar-refractivity contribution is 0.305. The average Bonchev–Trinajstić information content (AvgIpc) is 3.00. The van der Waals surface area contributed by atoms with Gasteiger partial charge in [-0.2, -0.15) is 0 Å². The maximum atomic E-state index is 14.7. The Morgan fingerprint density at radius 3 is 2.61 bits per heavy atom. The van der Waals surface area contributed by atoms with Crippen LogP contribution in [-0.2, 0) is 22.9 Å². The molecule has 2 unspecified atom stereocenters. The Hall–Kier alpha value is -1.96. The molecule has 0 bridgehead atoms. The first-order chi connectivity index (χ1) is 15.0. The summed E-state index contributed by atoms with van der Waals surface area (Å²) in [5.74, 6) is 0.489. The Kier molecular flexibility index (Phi) is 6.94. The first kappa shape index (κ1) is 22.2. The third kappa shape index (κ3) is 5.10. The molecule has 0 amide bonds. The van der Waals surface area contributed by atoms with Gasteiger partial charge in [-0.3, -0.25) is 0 Å². The minimum atomic E-state index is -3.29. The van der Waals surface area contributed by atoms with Crippen LogP contribution in [0.25, 0.3) is 0 Å². The molecule has 0 aliphatic heterocycles. The van der Waals surface area contributed by atoms with Crippen LogP contribution in [0.3, 0.4) is 0 Å². The van der Waals surface area contributed by atoms with Crippen molar-refractivity contribution in [2.75, 3.05) is 26.7 Å². The summed E-state index contributed by atoms with van der Waals surface area (Å²) in [7, 11) is -1.34. The van der Waals surface area contributed by atoms with Crippen LogP contribution in [0.15, 0.2) is 42.5 Å². The van der Waals surface area contributed by atoms with Gasteiger partial charge in [-0.1, -0.05) is 36.8 Å². The van der Waals surface area contributed by atoms with Gasteiger partial charge in [0.25, 0.3) is 0 Å². The third-order valence-electron chi connectivity index (χ3n) is 6.56. The lowest BCUT2D eigenvalue weighted by Crippen LogP contribution is -2.40. The number of halogens is 1. The largest absolute Gasteiger partial charge is 0.489 e. The van der Waals surface area contributed by atoms with Crippen LogP contribution in [0.2, 0.25) is 0 Å². The molecule has 5 nitrogen and oxygen atoms in total. The van der Waals surface area contributed by atoms with Crippen LogP contribution in [0.1, 0.15) is 41.9 Å². The molecule has 0 spiro atoms. The minimum Gasteiger partial charge on any atom is -0.489 e. The summed E-state index contributed by atoms with van der Waals surface area (Å²) in [6.45, 7) is 1.11. The zero-order chi connectivity index (χ0) is 21.8. The van der Waals surface area contributed by atoms with Crippen molar-refractivity contribution in [1.29, 1.82) is 0 Å². The zero-order valence-electron chi connectivity index (χ0n) is 17.9. The van der Waals surface area contributed by atoms with Crippen molar-refractivity contribution in [3.8, 4) is 5.75 Å². The average molecular weight is 447 g/mol.